The smallest absolute Gasteiger partial charge is 0.207 e. The highest BCUT2D eigenvalue weighted by Gasteiger charge is 2.30. The lowest BCUT2D eigenvalue weighted by molar-refractivity contribution is 0.261. The number of nitrogens with zero attached hydrogens (tertiary/aromatic N) is 1. The lowest BCUT2D eigenvalue weighted by Gasteiger charge is -2.32. The average molecular weight is 393 g/mol. The molecule has 0 amide bonds. The van der Waals surface area contributed by atoms with Crippen molar-refractivity contribution in [1.82, 2.24) is 4.31 Å². The van der Waals surface area contributed by atoms with Gasteiger partial charge in [-0.25, -0.2) is 8.42 Å². The zero-order chi connectivity index (χ0) is 13.9. The second-order valence-corrected chi connectivity index (χ2v) is 8.09. The van der Waals surface area contributed by atoms with Crippen LogP contribution in [0.4, 0.5) is 0 Å². The van der Waals surface area contributed by atoms with Crippen LogP contribution in [0, 0.1) is 3.57 Å². The standard InChI is InChI=1S/C14H20INO2S/c1-2-16(13-6-4-3-5-7-13)19(17,18)14-10-8-12(15)9-11-14/h8-11,13H,2-7H2,1H3. The van der Waals surface area contributed by atoms with Crippen LogP contribution in [0.1, 0.15) is 39.0 Å². The average Bonchev–Trinajstić information content (AvgIpc) is 2.41. The number of hydrogen-bond acceptors (Lipinski definition) is 2. The Labute approximate surface area is 129 Å². The van der Waals surface area contributed by atoms with E-state index in [-0.39, 0.29) is 6.04 Å². The van der Waals surface area contributed by atoms with Crippen LogP contribution in [0.5, 0.6) is 0 Å². The Morgan fingerprint density at radius 3 is 2.26 bits per heavy atom. The molecule has 106 valence electrons. The van der Waals surface area contributed by atoms with Gasteiger partial charge in [-0.1, -0.05) is 26.2 Å². The van der Waals surface area contributed by atoms with Gasteiger partial charge in [0.05, 0.1) is 4.90 Å². The van der Waals surface area contributed by atoms with Gasteiger partial charge in [-0.3, -0.25) is 0 Å². The van der Waals surface area contributed by atoms with Crippen molar-refractivity contribution >= 4 is 32.6 Å². The second-order valence-electron chi connectivity index (χ2n) is 4.95. The molecule has 5 heteroatoms. The molecule has 0 spiro atoms. The van der Waals surface area contributed by atoms with Crippen molar-refractivity contribution in [3.8, 4) is 0 Å². The third kappa shape index (κ3) is 3.49. The molecule has 19 heavy (non-hydrogen) atoms. The van der Waals surface area contributed by atoms with Gasteiger partial charge in [0.2, 0.25) is 10.0 Å². The first-order chi connectivity index (χ1) is 9.05. The maximum absolute atomic E-state index is 12.7. The van der Waals surface area contributed by atoms with Crippen LogP contribution in [0.15, 0.2) is 29.2 Å². The Morgan fingerprint density at radius 2 is 1.74 bits per heavy atom. The van der Waals surface area contributed by atoms with E-state index in [1.807, 2.05) is 19.1 Å². The fourth-order valence-corrected chi connectivity index (χ4v) is 4.79. The van der Waals surface area contributed by atoms with E-state index in [2.05, 4.69) is 22.6 Å². The van der Waals surface area contributed by atoms with Crippen LogP contribution >= 0.6 is 22.6 Å². The number of sulfonamides is 1. The molecule has 0 aliphatic heterocycles. The molecular formula is C14H20INO2S. The molecule has 1 aliphatic rings. The lowest BCUT2D eigenvalue weighted by Crippen LogP contribution is -2.41. The molecule has 1 aromatic rings. The molecule has 0 unspecified atom stereocenters. The van der Waals surface area contributed by atoms with E-state index in [9.17, 15) is 8.42 Å². The molecule has 2 rings (SSSR count). The number of benzene rings is 1. The molecule has 0 saturated heterocycles. The molecule has 1 aromatic carbocycles. The van der Waals surface area contributed by atoms with Crippen molar-refractivity contribution in [3.63, 3.8) is 0 Å². The summed E-state index contributed by atoms with van der Waals surface area (Å²) >= 11 is 2.19. The van der Waals surface area contributed by atoms with Crippen molar-refractivity contribution in [2.75, 3.05) is 6.54 Å². The van der Waals surface area contributed by atoms with Gasteiger partial charge in [0.1, 0.15) is 0 Å². The van der Waals surface area contributed by atoms with Gasteiger partial charge >= 0.3 is 0 Å². The summed E-state index contributed by atoms with van der Waals surface area (Å²) in [4.78, 5) is 0.417. The van der Waals surface area contributed by atoms with E-state index in [0.717, 1.165) is 29.3 Å². The minimum atomic E-state index is -3.34. The van der Waals surface area contributed by atoms with Gasteiger partial charge in [0, 0.05) is 16.2 Å². The summed E-state index contributed by atoms with van der Waals surface area (Å²) in [6, 6.07) is 7.30. The fraction of sp³-hybridized carbons (Fsp3) is 0.571. The van der Waals surface area contributed by atoms with Gasteiger partial charge in [-0.05, 0) is 59.7 Å². The van der Waals surface area contributed by atoms with E-state index >= 15 is 0 Å². The molecule has 1 saturated carbocycles. The fourth-order valence-electron chi connectivity index (χ4n) is 2.74. The number of rotatable bonds is 4. The summed E-state index contributed by atoms with van der Waals surface area (Å²) in [5, 5.41) is 0. The molecule has 0 atom stereocenters. The van der Waals surface area contributed by atoms with Gasteiger partial charge in [-0.15, -0.1) is 0 Å². The first-order valence-electron chi connectivity index (χ1n) is 6.83. The Kier molecular flexibility index (Phi) is 5.25. The molecule has 1 fully saturated rings. The quantitative estimate of drug-likeness (QED) is 0.733. The van der Waals surface area contributed by atoms with E-state index in [1.165, 1.54) is 6.42 Å². The normalized spacial score (nSPS) is 17.8. The third-order valence-electron chi connectivity index (χ3n) is 3.71. The van der Waals surface area contributed by atoms with Crippen LogP contribution in [-0.2, 0) is 10.0 Å². The predicted molar refractivity (Wildman–Crippen MR) is 85.6 cm³/mol. The van der Waals surface area contributed by atoms with Gasteiger partial charge < -0.3 is 0 Å². The monoisotopic (exact) mass is 393 g/mol. The van der Waals surface area contributed by atoms with Crippen LogP contribution in [0.3, 0.4) is 0 Å². The molecule has 0 N–H and O–H groups in total. The lowest BCUT2D eigenvalue weighted by atomic mass is 9.95. The molecular weight excluding hydrogens is 373 g/mol. The van der Waals surface area contributed by atoms with Crippen LogP contribution in [0.25, 0.3) is 0 Å². The van der Waals surface area contributed by atoms with Crippen molar-refractivity contribution in [3.05, 3.63) is 27.8 Å². The van der Waals surface area contributed by atoms with Crippen molar-refractivity contribution < 1.29 is 8.42 Å². The Bertz CT molecular complexity index is 507. The third-order valence-corrected chi connectivity index (χ3v) is 6.47. The van der Waals surface area contributed by atoms with Gasteiger partial charge in [0.25, 0.3) is 0 Å². The highest BCUT2D eigenvalue weighted by Crippen LogP contribution is 2.27. The molecule has 1 aliphatic carbocycles. The maximum Gasteiger partial charge on any atom is 0.243 e. The SMILES string of the molecule is CCN(C1CCCCC1)S(=O)(=O)c1ccc(I)cc1. The van der Waals surface area contributed by atoms with Gasteiger partial charge in [-0.2, -0.15) is 4.31 Å². The van der Waals surface area contributed by atoms with E-state index < -0.39 is 10.0 Å². The van der Waals surface area contributed by atoms with E-state index in [1.54, 1.807) is 16.4 Å². The zero-order valence-electron chi connectivity index (χ0n) is 11.2. The number of halogens is 1. The summed E-state index contributed by atoms with van der Waals surface area (Å²) in [5.74, 6) is 0. The van der Waals surface area contributed by atoms with Crippen molar-refractivity contribution in [2.24, 2.45) is 0 Å². The summed E-state index contributed by atoms with van der Waals surface area (Å²) in [6.07, 6.45) is 5.51. The van der Waals surface area contributed by atoms with Crippen LogP contribution in [-0.4, -0.2) is 25.3 Å². The second kappa shape index (κ2) is 6.54. The van der Waals surface area contributed by atoms with Gasteiger partial charge in [0.15, 0.2) is 0 Å². The summed E-state index contributed by atoms with van der Waals surface area (Å²) in [6.45, 7) is 2.48. The summed E-state index contributed by atoms with van der Waals surface area (Å²) in [5.41, 5.74) is 0. The maximum atomic E-state index is 12.7. The Hall–Kier alpha value is -0.140. The molecule has 3 nitrogen and oxygen atoms in total. The summed E-state index contributed by atoms with van der Waals surface area (Å²) in [7, 11) is -3.34. The molecule has 0 aromatic heterocycles. The summed E-state index contributed by atoms with van der Waals surface area (Å²) < 4.78 is 28.1. The van der Waals surface area contributed by atoms with Crippen molar-refractivity contribution in [1.29, 1.82) is 0 Å². The zero-order valence-corrected chi connectivity index (χ0v) is 14.2. The van der Waals surface area contributed by atoms with E-state index in [4.69, 9.17) is 0 Å². The topological polar surface area (TPSA) is 37.4 Å². The minimum Gasteiger partial charge on any atom is -0.207 e. The molecule has 0 radical (unpaired) electrons. The first-order valence-corrected chi connectivity index (χ1v) is 9.35. The molecule has 0 bridgehead atoms. The van der Waals surface area contributed by atoms with Crippen molar-refractivity contribution in [2.45, 2.75) is 50.0 Å². The predicted octanol–water partition coefficient (Wildman–Crippen LogP) is 3.63. The highest BCUT2D eigenvalue weighted by molar-refractivity contribution is 14.1. The minimum absolute atomic E-state index is 0.183. The Morgan fingerprint density at radius 1 is 1.16 bits per heavy atom. The highest BCUT2D eigenvalue weighted by atomic mass is 127. The number of hydrogen-bond donors (Lipinski definition) is 0. The Balaban J connectivity index is 2.27. The van der Waals surface area contributed by atoms with Crippen LogP contribution in [0.2, 0.25) is 0 Å². The largest absolute Gasteiger partial charge is 0.243 e. The first kappa shape index (κ1) is 15.3. The van der Waals surface area contributed by atoms with Crippen LogP contribution < -0.4 is 0 Å². The molecule has 0 heterocycles. The van der Waals surface area contributed by atoms with E-state index in [0.29, 0.717) is 11.4 Å².